The minimum atomic E-state index is 0.00931. The standard InChI is InChI=1S/C16H18N2O/c17-15(8-7-13-5-1-2-10-18-13)14-6-3-4-12-9-11-19-16(12)14/h1-6,10,15H,7-9,11,17H2. The number of aromatic nitrogens is 1. The second kappa shape index (κ2) is 5.41. The van der Waals surface area contributed by atoms with Gasteiger partial charge in [0.25, 0.3) is 0 Å². The van der Waals surface area contributed by atoms with Gasteiger partial charge in [-0.1, -0.05) is 24.3 Å². The van der Waals surface area contributed by atoms with Gasteiger partial charge in [-0.15, -0.1) is 0 Å². The average molecular weight is 254 g/mol. The zero-order valence-electron chi connectivity index (χ0n) is 10.9. The van der Waals surface area contributed by atoms with E-state index < -0.39 is 0 Å². The quantitative estimate of drug-likeness (QED) is 0.912. The molecule has 3 heteroatoms. The lowest BCUT2D eigenvalue weighted by Gasteiger charge is -2.15. The molecule has 2 heterocycles. The van der Waals surface area contributed by atoms with E-state index >= 15 is 0 Å². The SMILES string of the molecule is NC(CCc1ccccn1)c1cccc2c1OCC2. The van der Waals surface area contributed by atoms with Gasteiger partial charge >= 0.3 is 0 Å². The summed E-state index contributed by atoms with van der Waals surface area (Å²) in [6, 6.07) is 12.3. The van der Waals surface area contributed by atoms with Gasteiger partial charge in [-0.05, 0) is 30.5 Å². The Bertz CT molecular complexity index is 554. The van der Waals surface area contributed by atoms with Crippen LogP contribution in [0.2, 0.25) is 0 Å². The lowest BCUT2D eigenvalue weighted by atomic mass is 9.98. The highest BCUT2D eigenvalue weighted by Gasteiger charge is 2.19. The second-order valence-electron chi connectivity index (χ2n) is 4.90. The number of fused-ring (bicyclic) bond motifs is 1. The first-order valence-corrected chi connectivity index (χ1v) is 6.74. The molecule has 1 aliphatic rings. The smallest absolute Gasteiger partial charge is 0.127 e. The van der Waals surface area contributed by atoms with E-state index in [1.807, 2.05) is 24.4 Å². The van der Waals surface area contributed by atoms with E-state index in [0.29, 0.717) is 0 Å². The van der Waals surface area contributed by atoms with E-state index in [9.17, 15) is 0 Å². The third kappa shape index (κ3) is 2.61. The van der Waals surface area contributed by atoms with Crippen LogP contribution in [0.15, 0.2) is 42.6 Å². The fraction of sp³-hybridized carbons (Fsp3) is 0.312. The van der Waals surface area contributed by atoms with Gasteiger partial charge in [-0.25, -0.2) is 0 Å². The summed E-state index contributed by atoms with van der Waals surface area (Å²) in [6.45, 7) is 0.777. The summed E-state index contributed by atoms with van der Waals surface area (Å²) in [4.78, 5) is 4.33. The van der Waals surface area contributed by atoms with Crippen LogP contribution in [0.5, 0.6) is 5.75 Å². The molecule has 0 fully saturated rings. The van der Waals surface area contributed by atoms with Crippen molar-refractivity contribution in [3.63, 3.8) is 0 Å². The molecule has 2 N–H and O–H groups in total. The minimum Gasteiger partial charge on any atom is -0.493 e. The van der Waals surface area contributed by atoms with Crippen LogP contribution in [0.4, 0.5) is 0 Å². The third-order valence-electron chi connectivity index (χ3n) is 3.58. The van der Waals surface area contributed by atoms with Crippen LogP contribution in [0.25, 0.3) is 0 Å². The zero-order chi connectivity index (χ0) is 13.1. The van der Waals surface area contributed by atoms with E-state index in [1.165, 1.54) is 5.56 Å². The molecule has 98 valence electrons. The molecule has 19 heavy (non-hydrogen) atoms. The van der Waals surface area contributed by atoms with E-state index in [1.54, 1.807) is 0 Å². The molecular formula is C16H18N2O. The summed E-state index contributed by atoms with van der Waals surface area (Å²) in [7, 11) is 0. The molecule has 3 nitrogen and oxygen atoms in total. The van der Waals surface area contributed by atoms with Crippen LogP contribution < -0.4 is 10.5 Å². The maximum absolute atomic E-state index is 6.31. The first kappa shape index (κ1) is 12.2. The normalized spacial score (nSPS) is 14.8. The number of para-hydroxylation sites is 1. The number of nitrogens with zero attached hydrogens (tertiary/aromatic N) is 1. The number of aryl methyl sites for hydroxylation is 1. The molecule has 0 spiro atoms. The van der Waals surface area contributed by atoms with Gasteiger partial charge in [0, 0.05) is 29.9 Å². The number of nitrogens with two attached hydrogens (primary N) is 1. The molecule has 0 saturated heterocycles. The Morgan fingerprint density at radius 2 is 2.16 bits per heavy atom. The van der Waals surface area contributed by atoms with E-state index in [0.717, 1.165) is 42.9 Å². The second-order valence-corrected chi connectivity index (χ2v) is 4.90. The maximum atomic E-state index is 6.31. The summed E-state index contributed by atoms with van der Waals surface area (Å²) in [5.41, 5.74) is 9.81. The number of benzene rings is 1. The molecule has 1 unspecified atom stereocenters. The molecular weight excluding hydrogens is 236 g/mol. The van der Waals surface area contributed by atoms with Crippen LogP contribution in [-0.2, 0) is 12.8 Å². The Morgan fingerprint density at radius 3 is 3.00 bits per heavy atom. The van der Waals surface area contributed by atoms with Crippen molar-refractivity contribution in [2.45, 2.75) is 25.3 Å². The number of hydrogen-bond acceptors (Lipinski definition) is 3. The van der Waals surface area contributed by atoms with Crippen molar-refractivity contribution in [1.29, 1.82) is 0 Å². The minimum absolute atomic E-state index is 0.00931. The Hall–Kier alpha value is -1.87. The first-order chi connectivity index (χ1) is 9.34. The van der Waals surface area contributed by atoms with E-state index in [4.69, 9.17) is 10.5 Å². The molecule has 0 bridgehead atoms. The molecule has 1 aliphatic heterocycles. The Morgan fingerprint density at radius 1 is 1.21 bits per heavy atom. The van der Waals surface area contributed by atoms with Crippen LogP contribution >= 0.6 is 0 Å². The highest BCUT2D eigenvalue weighted by atomic mass is 16.5. The molecule has 0 radical (unpaired) electrons. The molecule has 1 atom stereocenters. The summed E-state index contributed by atoms with van der Waals surface area (Å²) in [6.07, 6.45) is 4.60. The highest BCUT2D eigenvalue weighted by molar-refractivity contribution is 5.45. The maximum Gasteiger partial charge on any atom is 0.127 e. The van der Waals surface area contributed by atoms with Crippen LogP contribution in [0, 0.1) is 0 Å². The average Bonchev–Trinajstić information content (AvgIpc) is 2.94. The summed E-state index contributed by atoms with van der Waals surface area (Å²) >= 11 is 0. The molecule has 0 amide bonds. The predicted octanol–water partition coefficient (Wildman–Crippen LogP) is 2.65. The lowest BCUT2D eigenvalue weighted by molar-refractivity contribution is 0.350. The van der Waals surface area contributed by atoms with Gasteiger partial charge in [-0.3, -0.25) is 4.98 Å². The van der Waals surface area contributed by atoms with E-state index in [-0.39, 0.29) is 6.04 Å². The third-order valence-corrected chi connectivity index (χ3v) is 3.58. The molecule has 2 aromatic rings. The van der Waals surface area contributed by atoms with Crippen molar-refractivity contribution < 1.29 is 4.74 Å². The van der Waals surface area contributed by atoms with Crippen molar-refractivity contribution in [2.24, 2.45) is 5.73 Å². The molecule has 1 aromatic carbocycles. The lowest BCUT2D eigenvalue weighted by Crippen LogP contribution is -2.12. The van der Waals surface area contributed by atoms with Gasteiger partial charge in [0.05, 0.1) is 6.61 Å². The largest absolute Gasteiger partial charge is 0.493 e. The Balaban J connectivity index is 1.71. The molecule has 0 aliphatic carbocycles. The predicted molar refractivity (Wildman–Crippen MR) is 75.1 cm³/mol. The summed E-state index contributed by atoms with van der Waals surface area (Å²) in [5.74, 6) is 1.01. The van der Waals surface area contributed by atoms with E-state index in [2.05, 4.69) is 23.2 Å². The van der Waals surface area contributed by atoms with Crippen LogP contribution in [0.3, 0.4) is 0 Å². The topological polar surface area (TPSA) is 48.1 Å². The number of hydrogen-bond donors (Lipinski definition) is 1. The molecule has 0 saturated carbocycles. The summed E-state index contributed by atoms with van der Waals surface area (Å²) < 4.78 is 5.71. The Labute approximate surface area is 113 Å². The van der Waals surface area contributed by atoms with Crippen LogP contribution in [0.1, 0.15) is 29.3 Å². The van der Waals surface area contributed by atoms with Gasteiger partial charge in [-0.2, -0.15) is 0 Å². The van der Waals surface area contributed by atoms with Gasteiger partial charge < -0.3 is 10.5 Å². The number of ether oxygens (including phenoxy) is 1. The number of pyridine rings is 1. The van der Waals surface area contributed by atoms with Crippen molar-refractivity contribution in [2.75, 3.05) is 6.61 Å². The zero-order valence-corrected chi connectivity index (χ0v) is 10.9. The van der Waals surface area contributed by atoms with Gasteiger partial charge in [0.2, 0.25) is 0 Å². The Kier molecular flexibility index (Phi) is 3.47. The van der Waals surface area contributed by atoms with Gasteiger partial charge in [0.15, 0.2) is 0 Å². The molecule has 3 rings (SSSR count). The van der Waals surface area contributed by atoms with Crippen molar-refractivity contribution >= 4 is 0 Å². The number of rotatable bonds is 4. The fourth-order valence-corrected chi connectivity index (χ4v) is 2.54. The summed E-state index contributed by atoms with van der Waals surface area (Å²) in [5, 5.41) is 0. The molecule has 1 aromatic heterocycles. The van der Waals surface area contributed by atoms with Crippen molar-refractivity contribution in [3.05, 3.63) is 59.4 Å². The van der Waals surface area contributed by atoms with Crippen molar-refractivity contribution in [1.82, 2.24) is 4.98 Å². The fourth-order valence-electron chi connectivity index (χ4n) is 2.54. The van der Waals surface area contributed by atoms with Crippen LogP contribution in [-0.4, -0.2) is 11.6 Å². The van der Waals surface area contributed by atoms with Gasteiger partial charge in [0.1, 0.15) is 5.75 Å². The first-order valence-electron chi connectivity index (χ1n) is 6.74. The highest BCUT2D eigenvalue weighted by Crippen LogP contribution is 2.33. The monoisotopic (exact) mass is 254 g/mol. The van der Waals surface area contributed by atoms with Crippen molar-refractivity contribution in [3.8, 4) is 5.75 Å².